The molecule has 1 aliphatic rings. The molecule has 0 saturated heterocycles. The van der Waals surface area contributed by atoms with E-state index >= 15 is 0 Å². The van der Waals surface area contributed by atoms with E-state index in [0.717, 1.165) is 25.7 Å². The van der Waals surface area contributed by atoms with Gasteiger partial charge >= 0.3 is 0 Å². The molecule has 18 heavy (non-hydrogen) atoms. The van der Waals surface area contributed by atoms with Crippen LogP contribution in [0.15, 0.2) is 30.3 Å². The van der Waals surface area contributed by atoms with Crippen LogP contribution in [-0.4, -0.2) is 25.7 Å². The molecule has 0 amide bonds. The quantitative estimate of drug-likeness (QED) is 0.827. The van der Waals surface area contributed by atoms with Crippen molar-refractivity contribution in [1.82, 2.24) is 5.32 Å². The zero-order valence-electron chi connectivity index (χ0n) is 11.6. The van der Waals surface area contributed by atoms with Gasteiger partial charge in [-0.1, -0.05) is 37.5 Å². The van der Waals surface area contributed by atoms with E-state index in [0.29, 0.717) is 0 Å². The number of nitrogens with zero attached hydrogens (tertiary/aromatic N) is 1. The highest BCUT2D eigenvalue weighted by atomic mass is 15.1. The fourth-order valence-corrected chi connectivity index (χ4v) is 2.82. The van der Waals surface area contributed by atoms with Crippen LogP contribution < -0.4 is 10.2 Å². The number of anilines is 1. The molecule has 2 nitrogen and oxygen atoms in total. The van der Waals surface area contributed by atoms with Crippen LogP contribution in [0.3, 0.4) is 0 Å². The van der Waals surface area contributed by atoms with Gasteiger partial charge in [-0.3, -0.25) is 0 Å². The number of para-hydroxylation sites is 1. The lowest BCUT2D eigenvalue weighted by Gasteiger charge is -2.27. The molecule has 0 unspecified atom stereocenters. The van der Waals surface area contributed by atoms with Crippen LogP contribution in [0.4, 0.5) is 5.69 Å². The van der Waals surface area contributed by atoms with Crippen LogP contribution in [-0.2, 0) is 0 Å². The Kier molecular flexibility index (Phi) is 5.53. The second-order valence-corrected chi connectivity index (χ2v) is 5.20. The Hall–Kier alpha value is -1.02. The normalized spacial score (nSPS) is 16.7. The fourth-order valence-electron chi connectivity index (χ4n) is 2.82. The van der Waals surface area contributed by atoms with Gasteiger partial charge in [-0.25, -0.2) is 0 Å². The molecule has 2 heteroatoms. The third-order valence-electron chi connectivity index (χ3n) is 3.92. The highest BCUT2D eigenvalue weighted by Gasteiger charge is 2.12. The lowest BCUT2D eigenvalue weighted by Crippen LogP contribution is -2.38. The summed E-state index contributed by atoms with van der Waals surface area (Å²) in [6.45, 7) is 5.52. The lowest BCUT2D eigenvalue weighted by atomic mass is 9.95. The number of rotatable bonds is 6. The molecule has 1 saturated carbocycles. The Bertz CT molecular complexity index is 317. The maximum atomic E-state index is 3.71. The Morgan fingerprint density at radius 3 is 2.50 bits per heavy atom. The highest BCUT2D eigenvalue weighted by Crippen LogP contribution is 2.17. The van der Waals surface area contributed by atoms with Crippen molar-refractivity contribution in [2.75, 3.05) is 24.5 Å². The summed E-state index contributed by atoms with van der Waals surface area (Å²) in [5.74, 6) is 0. The minimum atomic E-state index is 0.772. The van der Waals surface area contributed by atoms with Crippen LogP contribution in [0.25, 0.3) is 0 Å². The van der Waals surface area contributed by atoms with Crippen LogP contribution in [0.1, 0.15) is 39.0 Å². The average Bonchev–Trinajstić information content (AvgIpc) is 2.46. The molecular weight excluding hydrogens is 220 g/mol. The first-order chi connectivity index (χ1) is 8.90. The van der Waals surface area contributed by atoms with Crippen LogP contribution >= 0.6 is 0 Å². The zero-order chi connectivity index (χ0) is 12.6. The van der Waals surface area contributed by atoms with Gasteiger partial charge in [0.1, 0.15) is 0 Å². The third-order valence-corrected chi connectivity index (χ3v) is 3.92. The molecule has 1 aromatic rings. The van der Waals surface area contributed by atoms with Gasteiger partial charge in [-0.15, -0.1) is 0 Å². The largest absolute Gasteiger partial charge is 0.371 e. The van der Waals surface area contributed by atoms with E-state index in [4.69, 9.17) is 0 Å². The molecule has 0 heterocycles. The van der Waals surface area contributed by atoms with E-state index in [2.05, 4.69) is 47.5 Å². The van der Waals surface area contributed by atoms with Crippen molar-refractivity contribution in [1.29, 1.82) is 0 Å². The summed E-state index contributed by atoms with van der Waals surface area (Å²) in [7, 11) is 0. The lowest BCUT2D eigenvalue weighted by molar-refractivity contribution is 0.376. The minimum Gasteiger partial charge on any atom is -0.371 e. The van der Waals surface area contributed by atoms with Gasteiger partial charge in [-0.05, 0) is 31.9 Å². The summed E-state index contributed by atoms with van der Waals surface area (Å²) in [5.41, 5.74) is 1.34. The van der Waals surface area contributed by atoms with Crippen molar-refractivity contribution < 1.29 is 0 Å². The SMILES string of the molecule is CCN(CCNC1CCCCC1)c1ccccc1. The number of nitrogens with one attached hydrogen (secondary N) is 1. The van der Waals surface area contributed by atoms with E-state index in [1.165, 1.54) is 37.8 Å². The van der Waals surface area contributed by atoms with Crippen molar-refractivity contribution >= 4 is 5.69 Å². The number of benzene rings is 1. The van der Waals surface area contributed by atoms with Crippen molar-refractivity contribution in [2.24, 2.45) is 0 Å². The standard InChI is InChI=1S/C16H26N2/c1-2-18(16-11-7-4-8-12-16)14-13-17-15-9-5-3-6-10-15/h4,7-8,11-12,15,17H,2-3,5-6,9-10,13-14H2,1H3. The van der Waals surface area contributed by atoms with Gasteiger partial charge in [0, 0.05) is 31.4 Å². The Morgan fingerprint density at radius 1 is 1.11 bits per heavy atom. The van der Waals surface area contributed by atoms with E-state index in [-0.39, 0.29) is 0 Å². The summed E-state index contributed by atoms with van der Waals surface area (Å²) >= 11 is 0. The summed E-state index contributed by atoms with van der Waals surface area (Å²) in [4.78, 5) is 2.44. The fraction of sp³-hybridized carbons (Fsp3) is 0.625. The minimum absolute atomic E-state index is 0.772. The Balaban J connectivity index is 1.73. The Labute approximate surface area is 111 Å². The predicted octanol–water partition coefficient (Wildman–Crippen LogP) is 3.44. The summed E-state index contributed by atoms with van der Waals surface area (Å²) < 4.78 is 0. The molecule has 100 valence electrons. The topological polar surface area (TPSA) is 15.3 Å². The number of likely N-dealkylation sites (N-methyl/N-ethyl adjacent to an activating group) is 1. The van der Waals surface area contributed by atoms with Crippen molar-refractivity contribution in [3.05, 3.63) is 30.3 Å². The molecule has 0 radical (unpaired) electrons. The molecule has 1 aliphatic carbocycles. The number of hydrogen-bond acceptors (Lipinski definition) is 2. The van der Waals surface area contributed by atoms with Gasteiger partial charge in [-0.2, -0.15) is 0 Å². The van der Waals surface area contributed by atoms with Crippen LogP contribution in [0.5, 0.6) is 0 Å². The summed E-state index contributed by atoms with van der Waals surface area (Å²) in [5, 5.41) is 3.71. The second-order valence-electron chi connectivity index (χ2n) is 5.20. The molecule has 0 aromatic heterocycles. The van der Waals surface area contributed by atoms with Gasteiger partial charge in [0.15, 0.2) is 0 Å². The summed E-state index contributed by atoms with van der Waals surface area (Å²) in [6.07, 6.45) is 7.00. The zero-order valence-corrected chi connectivity index (χ0v) is 11.6. The van der Waals surface area contributed by atoms with Gasteiger partial charge in [0.2, 0.25) is 0 Å². The molecule has 1 fully saturated rings. The molecule has 2 rings (SSSR count). The molecule has 0 atom stereocenters. The molecule has 0 bridgehead atoms. The second kappa shape index (κ2) is 7.42. The van der Waals surface area contributed by atoms with Gasteiger partial charge < -0.3 is 10.2 Å². The van der Waals surface area contributed by atoms with E-state index in [9.17, 15) is 0 Å². The first-order valence-corrected chi connectivity index (χ1v) is 7.43. The maximum absolute atomic E-state index is 3.71. The first kappa shape index (κ1) is 13.4. The smallest absolute Gasteiger partial charge is 0.0366 e. The molecule has 0 aliphatic heterocycles. The highest BCUT2D eigenvalue weighted by molar-refractivity contribution is 5.45. The average molecular weight is 246 g/mol. The van der Waals surface area contributed by atoms with Crippen LogP contribution in [0, 0.1) is 0 Å². The van der Waals surface area contributed by atoms with Gasteiger partial charge in [0.05, 0.1) is 0 Å². The van der Waals surface area contributed by atoms with Crippen molar-refractivity contribution in [2.45, 2.75) is 45.1 Å². The molecule has 0 spiro atoms. The number of hydrogen-bond donors (Lipinski definition) is 1. The van der Waals surface area contributed by atoms with Gasteiger partial charge in [0.25, 0.3) is 0 Å². The van der Waals surface area contributed by atoms with E-state index < -0.39 is 0 Å². The Morgan fingerprint density at radius 2 is 1.83 bits per heavy atom. The summed E-state index contributed by atoms with van der Waals surface area (Å²) in [6, 6.07) is 11.5. The molecular formula is C16H26N2. The monoisotopic (exact) mass is 246 g/mol. The third kappa shape index (κ3) is 4.02. The molecule has 1 aromatic carbocycles. The molecule has 1 N–H and O–H groups in total. The van der Waals surface area contributed by atoms with E-state index in [1.807, 2.05) is 0 Å². The van der Waals surface area contributed by atoms with Crippen molar-refractivity contribution in [3.63, 3.8) is 0 Å². The van der Waals surface area contributed by atoms with E-state index in [1.54, 1.807) is 0 Å². The van der Waals surface area contributed by atoms with Crippen LogP contribution in [0.2, 0.25) is 0 Å². The van der Waals surface area contributed by atoms with Crippen molar-refractivity contribution in [3.8, 4) is 0 Å². The first-order valence-electron chi connectivity index (χ1n) is 7.43. The predicted molar refractivity (Wildman–Crippen MR) is 79.2 cm³/mol. The maximum Gasteiger partial charge on any atom is 0.0366 e.